The van der Waals surface area contributed by atoms with E-state index in [9.17, 15) is 14.4 Å². The lowest BCUT2D eigenvalue weighted by Crippen LogP contribution is -2.56. The van der Waals surface area contributed by atoms with E-state index in [0.717, 1.165) is 51.0 Å². The molecule has 5 amide bonds. The Morgan fingerprint density at radius 1 is 1.00 bits per heavy atom. The molecule has 1 atom stereocenters. The van der Waals surface area contributed by atoms with Crippen LogP contribution in [0.1, 0.15) is 47.5 Å². The van der Waals surface area contributed by atoms with Crippen LogP contribution in [-0.4, -0.2) is 123 Å². The zero-order chi connectivity index (χ0) is 34.8. The Morgan fingerprint density at radius 2 is 1.71 bits per heavy atom. The summed E-state index contributed by atoms with van der Waals surface area (Å²) in [6.45, 7) is 4.95. The molecule has 2 aliphatic rings. The second-order valence-corrected chi connectivity index (χ2v) is 13.7. The van der Waals surface area contributed by atoms with Crippen molar-refractivity contribution in [2.24, 2.45) is 5.16 Å². The van der Waals surface area contributed by atoms with Crippen molar-refractivity contribution >= 4 is 70.1 Å². The maximum atomic E-state index is 13.4. The smallest absolute Gasteiger partial charge is 0.320 e. The highest BCUT2D eigenvalue weighted by Gasteiger charge is 2.33. The topological polar surface area (TPSA) is 110 Å². The zero-order valence-corrected chi connectivity index (χ0v) is 30.5. The van der Waals surface area contributed by atoms with Gasteiger partial charge in [-0.1, -0.05) is 57.6 Å². The number of oxime groups is 1. The molecule has 0 saturated carbocycles. The minimum absolute atomic E-state index is 0.0391. The van der Waals surface area contributed by atoms with E-state index < -0.39 is 0 Å². The summed E-state index contributed by atoms with van der Waals surface area (Å²) in [7, 11) is 4.74. The maximum Gasteiger partial charge on any atom is 0.320 e. The number of hydrogen-bond acceptors (Lipinski definition) is 6. The molecule has 0 spiro atoms. The van der Waals surface area contributed by atoms with Crippen molar-refractivity contribution in [1.29, 1.82) is 0 Å². The second kappa shape index (κ2) is 18.2. The zero-order valence-electron chi connectivity index (χ0n) is 27.5. The maximum absolute atomic E-state index is 13.4. The number of carbonyl (C=O) groups excluding carboxylic acids is 3. The highest BCUT2D eigenvalue weighted by Crippen LogP contribution is 2.31. The van der Waals surface area contributed by atoms with Crippen molar-refractivity contribution in [3.8, 4) is 0 Å². The minimum atomic E-state index is -0.258. The summed E-state index contributed by atoms with van der Waals surface area (Å²) in [5.74, 6) is -0.483. The Morgan fingerprint density at radius 3 is 2.35 bits per heavy atom. The van der Waals surface area contributed by atoms with E-state index in [-0.39, 0.29) is 36.5 Å². The quantitative estimate of drug-likeness (QED) is 0.191. The summed E-state index contributed by atoms with van der Waals surface area (Å²) >= 11 is 25.0. The molecule has 0 aliphatic carbocycles. The van der Waals surface area contributed by atoms with Crippen LogP contribution in [0.5, 0.6) is 0 Å². The van der Waals surface area contributed by atoms with Crippen molar-refractivity contribution in [2.45, 2.75) is 37.6 Å². The van der Waals surface area contributed by atoms with Gasteiger partial charge in [0.1, 0.15) is 7.11 Å². The predicted molar refractivity (Wildman–Crippen MR) is 192 cm³/mol. The minimum Gasteiger partial charge on any atom is -0.399 e. The van der Waals surface area contributed by atoms with E-state index in [2.05, 4.69) is 20.7 Å². The van der Waals surface area contributed by atoms with E-state index in [4.69, 9.17) is 51.2 Å². The van der Waals surface area contributed by atoms with E-state index in [1.54, 1.807) is 43.3 Å². The average Bonchev–Trinajstić information content (AvgIpc) is 3.06. The molecule has 2 heterocycles. The van der Waals surface area contributed by atoms with Crippen LogP contribution in [0.2, 0.25) is 20.1 Å². The Kier molecular flexibility index (Phi) is 14.3. The number of urea groups is 2. The summed E-state index contributed by atoms with van der Waals surface area (Å²) in [6.07, 6.45) is 3.32. The van der Waals surface area contributed by atoms with Crippen molar-refractivity contribution in [1.82, 2.24) is 30.2 Å². The first-order valence-corrected chi connectivity index (χ1v) is 17.5. The number of nitrogens with one attached hydrogen (secondary N) is 2. The van der Waals surface area contributed by atoms with Crippen molar-refractivity contribution in [3.05, 3.63) is 67.6 Å². The molecule has 0 aromatic heterocycles. The van der Waals surface area contributed by atoms with Crippen LogP contribution in [0.15, 0.2) is 41.6 Å². The SMILES string of the molecule is CNC(=O)NCCN1CCCN(C2CCN(CCC(/C(CN(C)C(=O)c3cc(Cl)cc(Cl)c3)=N/OC)c3ccc(Cl)c(Cl)c3)CC2)C1=O. The molecule has 2 aromatic rings. The third-order valence-electron chi connectivity index (χ3n) is 8.78. The van der Waals surface area contributed by atoms with Crippen LogP contribution in [-0.2, 0) is 4.84 Å². The molecule has 2 aromatic carbocycles. The first-order valence-electron chi connectivity index (χ1n) is 16.0. The van der Waals surface area contributed by atoms with Crippen LogP contribution in [0.3, 0.4) is 0 Å². The molecule has 48 heavy (non-hydrogen) atoms. The van der Waals surface area contributed by atoms with Gasteiger partial charge in [0.25, 0.3) is 5.91 Å². The number of carbonyl (C=O) groups is 3. The fourth-order valence-electron chi connectivity index (χ4n) is 6.30. The van der Waals surface area contributed by atoms with Gasteiger partial charge in [-0.3, -0.25) is 4.79 Å². The number of piperidine rings is 1. The fraction of sp³-hybridized carbons (Fsp3) is 0.515. The lowest BCUT2D eigenvalue weighted by molar-refractivity contribution is 0.0784. The molecule has 262 valence electrons. The fourth-order valence-corrected chi connectivity index (χ4v) is 7.13. The van der Waals surface area contributed by atoms with Gasteiger partial charge in [-0.15, -0.1) is 0 Å². The van der Waals surface area contributed by atoms with Gasteiger partial charge in [-0.25, -0.2) is 9.59 Å². The molecule has 2 aliphatic heterocycles. The second-order valence-electron chi connectivity index (χ2n) is 12.0. The van der Waals surface area contributed by atoms with Crippen LogP contribution in [0.4, 0.5) is 9.59 Å². The Hall–Kier alpha value is -2.96. The third-order valence-corrected chi connectivity index (χ3v) is 9.96. The molecule has 11 nitrogen and oxygen atoms in total. The monoisotopic (exact) mass is 741 g/mol. The predicted octanol–water partition coefficient (Wildman–Crippen LogP) is 6.07. The molecule has 15 heteroatoms. The van der Waals surface area contributed by atoms with Crippen molar-refractivity contribution in [2.75, 3.05) is 73.6 Å². The number of likely N-dealkylation sites (tertiary alicyclic amines) is 1. The number of nitrogens with zero attached hydrogens (tertiary/aromatic N) is 5. The van der Waals surface area contributed by atoms with Gasteiger partial charge in [-0.2, -0.15) is 0 Å². The summed E-state index contributed by atoms with van der Waals surface area (Å²) < 4.78 is 0. The summed E-state index contributed by atoms with van der Waals surface area (Å²) in [5, 5.41) is 11.3. The molecule has 2 N–H and O–H groups in total. The van der Waals surface area contributed by atoms with Gasteiger partial charge in [0.15, 0.2) is 0 Å². The molecule has 2 saturated heterocycles. The van der Waals surface area contributed by atoms with Gasteiger partial charge in [0.2, 0.25) is 0 Å². The Balaban J connectivity index is 1.41. The number of halogens is 4. The highest BCUT2D eigenvalue weighted by molar-refractivity contribution is 6.42. The Bertz CT molecular complexity index is 1450. The van der Waals surface area contributed by atoms with E-state index in [0.29, 0.717) is 57.4 Å². The standard InChI is InChI=1S/C33H43Cl4N7O4/c1-38-32(46)39-10-16-43-11-4-12-44(33(43)47)26-7-13-42(14-8-26)15-9-27(22-5-6-28(36)29(37)19-22)30(40-48-3)21-41(2)31(45)23-17-24(34)20-25(35)18-23/h5-6,17-20,26-27H,4,7-16,21H2,1-3H3,(H2,38,39,46)/b40-30+. The number of benzene rings is 2. The van der Waals surface area contributed by atoms with Gasteiger partial charge < -0.3 is 35.1 Å². The highest BCUT2D eigenvalue weighted by atomic mass is 35.5. The lowest BCUT2D eigenvalue weighted by atomic mass is 9.89. The van der Waals surface area contributed by atoms with Crippen LogP contribution in [0.25, 0.3) is 0 Å². The van der Waals surface area contributed by atoms with E-state index in [1.807, 2.05) is 21.9 Å². The van der Waals surface area contributed by atoms with Crippen LogP contribution >= 0.6 is 46.4 Å². The molecular weight excluding hydrogens is 700 g/mol. The molecule has 4 rings (SSSR count). The summed E-state index contributed by atoms with van der Waals surface area (Å²) in [6, 6.07) is 10.2. The Labute approximate surface area is 302 Å². The number of rotatable bonds is 13. The molecule has 0 bridgehead atoms. The average molecular weight is 744 g/mol. The first-order chi connectivity index (χ1) is 23.0. The van der Waals surface area contributed by atoms with Gasteiger partial charge in [-0.05, 0) is 68.1 Å². The van der Waals surface area contributed by atoms with Gasteiger partial charge >= 0.3 is 12.1 Å². The van der Waals surface area contributed by atoms with E-state index >= 15 is 0 Å². The van der Waals surface area contributed by atoms with Crippen molar-refractivity contribution < 1.29 is 19.2 Å². The first kappa shape index (κ1) is 37.9. The lowest BCUT2D eigenvalue weighted by Gasteiger charge is -2.43. The van der Waals surface area contributed by atoms with Gasteiger partial charge in [0, 0.05) is 80.9 Å². The number of amides is 5. The largest absolute Gasteiger partial charge is 0.399 e. The van der Waals surface area contributed by atoms with Crippen LogP contribution in [0, 0.1) is 0 Å². The summed E-state index contributed by atoms with van der Waals surface area (Å²) in [5.41, 5.74) is 1.93. The van der Waals surface area contributed by atoms with E-state index in [1.165, 1.54) is 7.11 Å². The summed E-state index contributed by atoms with van der Waals surface area (Å²) in [4.78, 5) is 51.2. The molecule has 0 radical (unpaired) electrons. The van der Waals surface area contributed by atoms with Crippen molar-refractivity contribution in [3.63, 3.8) is 0 Å². The number of hydrogen-bond donors (Lipinski definition) is 2. The van der Waals surface area contributed by atoms with Crippen LogP contribution < -0.4 is 10.6 Å². The normalized spacial score (nSPS) is 16.9. The molecule has 1 unspecified atom stereocenters. The molecular formula is C33H43Cl4N7O4. The third kappa shape index (κ3) is 10.3. The molecule has 2 fully saturated rings. The van der Waals surface area contributed by atoms with Gasteiger partial charge in [0.05, 0.1) is 22.3 Å².